The third-order valence-corrected chi connectivity index (χ3v) is 5.26. The highest BCUT2D eigenvalue weighted by atomic mass is 16.6. The van der Waals surface area contributed by atoms with Gasteiger partial charge in [0.25, 0.3) is 5.69 Å². The molecule has 0 saturated heterocycles. The van der Waals surface area contributed by atoms with E-state index in [2.05, 4.69) is 10.2 Å². The Bertz CT molecular complexity index is 1220. The van der Waals surface area contributed by atoms with Crippen molar-refractivity contribution in [3.63, 3.8) is 0 Å². The normalized spacial score (nSPS) is 10.9. The van der Waals surface area contributed by atoms with Crippen molar-refractivity contribution in [1.82, 2.24) is 0 Å². The van der Waals surface area contributed by atoms with Crippen LogP contribution in [-0.4, -0.2) is 31.4 Å². The Balaban J connectivity index is 2.15. The molecule has 0 bridgehead atoms. The molecule has 0 atom stereocenters. The molecule has 33 heavy (non-hydrogen) atoms. The minimum absolute atomic E-state index is 0.0221. The summed E-state index contributed by atoms with van der Waals surface area (Å²) >= 11 is 0. The van der Waals surface area contributed by atoms with Gasteiger partial charge in [0.1, 0.15) is 11.4 Å². The van der Waals surface area contributed by atoms with E-state index in [0.717, 1.165) is 16.7 Å². The highest BCUT2D eigenvalue weighted by Gasteiger charge is 2.21. The quantitative estimate of drug-likeness (QED) is 0.245. The third-order valence-electron chi connectivity index (χ3n) is 5.26. The summed E-state index contributed by atoms with van der Waals surface area (Å²) < 4.78 is 16.5. The predicted molar refractivity (Wildman–Crippen MR) is 125 cm³/mol. The molecule has 0 amide bonds. The van der Waals surface area contributed by atoms with Crippen LogP contribution < -0.4 is 14.2 Å². The van der Waals surface area contributed by atoms with Crippen molar-refractivity contribution < 1.29 is 24.2 Å². The van der Waals surface area contributed by atoms with E-state index in [1.807, 2.05) is 13.0 Å². The average molecular weight is 451 g/mol. The maximum absolute atomic E-state index is 11.0. The minimum Gasteiger partial charge on any atom is -0.506 e. The van der Waals surface area contributed by atoms with Gasteiger partial charge in [-0.3, -0.25) is 10.1 Å². The fourth-order valence-corrected chi connectivity index (χ4v) is 3.63. The Morgan fingerprint density at radius 1 is 0.939 bits per heavy atom. The van der Waals surface area contributed by atoms with Crippen molar-refractivity contribution in [3.8, 4) is 34.1 Å². The Kier molecular flexibility index (Phi) is 7.12. The number of phenolic OH excluding ortho intramolecular Hbond substituents is 1. The van der Waals surface area contributed by atoms with Crippen LogP contribution in [-0.2, 0) is 6.42 Å². The van der Waals surface area contributed by atoms with E-state index in [1.54, 1.807) is 39.3 Å². The van der Waals surface area contributed by atoms with Crippen LogP contribution >= 0.6 is 0 Å². The van der Waals surface area contributed by atoms with Crippen LogP contribution in [0.1, 0.15) is 18.1 Å². The molecular weight excluding hydrogens is 426 g/mol. The van der Waals surface area contributed by atoms with Crippen LogP contribution in [0.4, 0.5) is 17.1 Å². The first-order valence-electron chi connectivity index (χ1n) is 10.2. The van der Waals surface area contributed by atoms with Crippen molar-refractivity contribution in [2.75, 3.05) is 21.3 Å². The Labute approximate surface area is 191 Å². The van der Waals surface area contributed by atoms with Gasteiger partial charge in [0, 0.05) is 17.7 Å². The SMILES string of the molecule is CCc1c(-c2ccc(OC)c(OC)c2OC)ccc(O)c1N=Nc1ccc([N+](=O)[O-])cc1C. The second-order valence-electron chi connectivity index (χ2n) is 7.12. The van der Waals surface area contributed by atoms with Crippen LogP contribution in [0.15, 0.2) is 52.7 Å². The van der Waals surface area contributed by atoms with Crippen molar-refractivity contribution >= 4 is 17.1 Å². The summed E-state index contributed by atoms with van der Waals surface area (Å²) in [5.41, 5.74) is 3.65. The molecule has 0 aliphatic heterocycles. The molecule has 172 valence electrons. The maximum Gasteiger partial charge on any atom is 0.269 e. The van der Waals surface area contributed by atoms with Crippen LogP contribution in [0.25, 0.3) is 11.1 Å². The highest BCUT2D eigenvalue weighted by molar-refractivity contribution is 5.82. The van der Waals surface area contributed by atoms with Crippen LogP contribution in [0.2, 0.25) is 0 Å². The lowest BCUT2D eigenvalue weighted by atomic mass is 9.95. The van der Waals surface area contributed by atoms with Crippen LogP contribution in [0, 0.1) is 17.0 Å². The molecular formula is C24H25N3O6. The Hall–Kier alpha value is -4.14. The molecule has 0 aromatic heterocycles. The number of aromatic hydroxyl groups is 1. The van der Waals surface area contributed by atoms with E-state index in [1.165, 1.54) is 25.3 Å². The number of nitro groups is 1. The van der Waals surface area contributed by atoms with Crippen LogP contribution in [0.5, 0.6) is 23.0 Å². The summed E-state index contributed by atoms with van der Waals surface area (Å²) in [5, 5.41) is 30.1. The minimum atomic E-state index is -0.463. The zero-order valence-electron chi connectivity index (χ0n) is 19.1. The highest BCUT2D eigenvalue weighted by Crippen LogP contribution is 2.47. The van der Waals surface area contributed by atoms with E-state index in [0.29, 0.717) is 40.6 Å². The second-order valence-corrected chi connectivity index (χ2v) is 7.12. The van der Waals surface area contributed by atoms with Crippen molar-refractivity contribution in [2.45, 2.75) is 20.3 Å². The van der Waals surface area contributed by atoms with Gasteiger partial charge in [-0.05, 0) is 54.3 Å². The molecule has 9 nitrogen and oxygen atoms in total. The molecule has 0 heterocycles. The van der Waals surface area contributed by atoms with Gasteiger partial charge in [-0.15, -0.1) is 5.11 Å². The predicted octanol–water partition coefficient (Wildman–Crippen LogP) is 6.28. The zero-order chi connectivity index (χ0) is 24.1. The van der Waals surface area contributed by atoms with E-state index < -0.39 is 4.92 Å². The number of azo groups is 1. The molecule has 0 fully saturated rings. The molecule has 0 unspecified atom stereocenters. The zero-order valence-corrected chi connectivity index (χ0v) is 19.1. The number of hydrogen-bond donors (Lipinski definition) is 1. The summed E-state index contributed by atoms with van der Waals surface area (Å²) in [5.74, 6) is 1.45. The van der Waals surface area contributed by atoms with Gasteiger partial charge in [0.05, 0.1) is 31.9 Å². The number of phenols is 1. The van der Waals surface area contributed by atoms with Gasteiger partial charge in [-0.25, -0.2) is 0 Å². The van der Waals surface area contributed by atoms with E-state index in [4.69, 9.17) is 14.2 Å². The maximum atomic E-state index is 11.0. The molecule has 3 aromatic carbocycles. The van der Waals surface area contributed by atoms with Crippen molar-refractivity contribution in [2.24, 2.45) is 10.2 Å². The fourth-order valence-electron chi connectivity index (χ4n) is 3.63. The fraction of sp³-hybridized carbons (Fsp3) is 0.250. The van der Waals surface area contributed by atoms with Gasteiger partial charge in [-0.2, -0.15) is 5.11 Å². The number of ether oxygens (including phenoxy) is 3. The number of aryl methyl sites for hydroxylation is 1. The monoisotopic (exact) mass is 451 g/mol. The van der Waals surface area contributed by atoms with Gasteiger partial charge in [-0.1, -0.05) is 13.0 Å². The largest absolute Gasteiger partial charge is 0.506 e. The molecule has 3 rings (SSSR count). The summed E-state index contributed by atoms with van der Waals surface area (Å²) in [6.45, 7) is 3.66. The summed E-state index contributed by atoms with van der Waals surface area (Å²) in [7, 11) is 4.63. The first-order valence-corrected chi connectivity index (χ1v) is 10.2. The first-order chi connectivity index (χ1) is 15.9. The summed E-state index contributed by atoms with van der Waals surface area (Å²) in [4.78, 5) is 10.5. The standard InChI is InChI=1S/C24H25N3O6/c1-6-16-17(18-9-12-21(31-3)24(33-5)23(18)32-4)8-11-20(28)22(16)26-25-19-10-7-15(27(29)30)13-14(19)2/h7-13,28H,6H2,1-5H3. The molecule has 0 aliphatic rings. The Morgan fingerprint density at radius 3 is 2.21 bits per heavy atom. The van der Waals surface area contributed by atoms with Gasteiger partial charge >= 0.3 is 0 Å². The molecule has 0 saturated carbocycles. The summed E-state index contributed by atoms with van der Waals surface area (Å²) in [6, 6.07) is 11.3. The van der Waals surface area contributed by atoms with Crippen LogP contribution in [0.3, 0.4) is 0 Å². The van der Waals surface area contributed by atoms with Crippen molar-refractivity contribution in [3.05, 3.63) is 63.7 Å². The van der Waals surface area contributed by atoms with E-state index in [9.17, 15) is 15.2 Å². The smallest absolute Gasteiger partial charge is 0.269 e. The van der Waals surface area contributed by atoms with E-state index >= 15 is 0 Å². The van der Waals surface area contributed by atoms with Crippen molar-refractivity contribution in [1.29, 1.82) is 0 Å². The number of non-ortho nitro benzene ring substituents is 1. The first kappa shape index (κ1) is 23.5. The number of nitro benzene ring substituents is 1. The Morgan fingerprint density at radius 2 is 1.64 bits per heavy atom. The number of benzene rings is 3. The molecule has 3 aromatic rings. The van der Waals surface area contributed by atoms with Gasteiger partial charge in [0.15, 0.2) is 11.5 Å². The third kappa shape index (κ3) is 4.57. The molecule has 1 N–H and O–H groups in total. The second kappa shape index (κ2) is 9.99. The lowest BCUT2D eigenvalue weighted by molar-refractivity contribution is -0.384. The topological polar surface area (TPSA) is 116 Å². The molecule has 0 aliphatic carbocycles. The number of hydrogen-bond acceptors (Lipinski definition) is 8. The number of rotatable bonds is 8. The molecule has 0 spiro atoms. The van der Waals surface area contributed by atoms with Gasteiger partial charge < -0.3 is 19.3 Å². The molecule has 9 heteroatoms. The van der Waals surface area contributed by atoms with E-state index in [-0.39, 0.29) is 11.4 Å². The summed E-state index contributed by atoms with van der Waals surface area (Å²) in [6.07, 6.45) is 0.550. The lowest BCUT2D eigenvalue weighted by Crippen LogP contribution is -1.98. The van der Waals surface area contributed by atoms with Gasteiger partial charge in [0.2, 0.25) is 5.75 Å². The number of methoxy groups -OCH3 is 3. The molecule has 0 radical (unpaired) electrons. The lowest BCUT2D eigenvalue weighted by Gasteiger charge is -2.18. The number of nitrogens with zero attached hydrogens (tertiary/aromatic N) is 3. The average Bonchev–Trinajstić information content (AvgIpc) is 2.82.